The Hall–Kier alpha value is -3.23. The number of carbonyl (C=O) groups excluding carboxylic acids is 1. The van der Waals surface area contributed by atoms with Gasteiger partial charge in [0.05, 0.1) is 11.9 Å². The predicted molar refractivity (Wildman–Crippen MR) is 118 cm³/mol. The van der Waals surface area contributed by atoms with Gasteiger partial charge in [-0.05, 0) is 53.7 Å². The smallest absolute Gasteiger partial charge is 0.343 e. The number of nitrogens with one attached hydrogen (secondary N) is 2. The molecule has 0 aliphatic heterocycles. The fourth-order valence-corrected chi connectivity index (χ4v) is 5.35. The first-order valence-electron chi connectivity index (χ1n) is 10.9. The van der Waals surface area contributed by atoms with Gasteiger partial charge >= 0.3 is 5.97 Å². The van der Waals surface area contributed by atoms with Crippen LogP contribution < -0.4 is 16.2 Å². The van der Waals surface area contributed by atoms with Crippen LogP contribution in [0.15, 0.2) is 35.5 Å². The van der Waals surface area contributed by atoms with E-state index in [-0.39, 0.29) is 30.4 Å². The van der Waals surface area contributed by atoms with Gasteiger partial charge in [0.25, 0.3) is 5.56 Å². The first kappa shape index (κ1) is 22.0. The van der Waals surface area contributed by atoms with Gasteiger partial charge in [-0.3, -0.25) is 14.6 Å². The van der Waals surface area contributed by atoms with E-state index in [2.05, 4.69) is 41.5 Å². The molecule has 170 valence electrons. The van der Waals surface area contributed by atoms with Crippen LogP contribution in [0.1, 0.15) is 49.5 Å². The number of carbonyl (C=O) groups is 2. The van der Waals surface area contributed by atoms with Crippen molar-refractivity contribution in [1.29, 1.82) is 0 Å². The zero-order valence-electron chi connectivity index (χ0n) is 18.5. The molecule has 2 heterocycles. The third-order valence-corrected chi connectivity index (χ3v) is 7.49. The van der Waals surface area contributed by atoms with E-state index in [1.165, 1.54) is 12.6 Å². The summed E-state index contributed by atoms with van der Waals surface area (Å²) in [5.41, 5.74) is 0.204. The third kappa shape index (κ3) is 3.99. The average Bonchev–Trinajstić information content (AvgIpc) is 2.75. The summed E-state index contributed by atoms with van der Waals surface area (Å²) in [5.74, 6) is -0.245. The van der Waals surface area contributed by atoms with Crippen molar-refractivity contribution >= 4 is 17.6 Å². The number of aromatic carboxylic acids is 1. The number of rotatable bonds is 7. The quantitative estimate of drug-likeness (QED) is 0.603. The highest BCUT2D eigenvalue weighted by molar-refractivity contribution is 5.93. The first-order chi connectivity index (χ1) is 15.2. The van der Waals surface area contributed by atoms with E-state index in [4.69, 9.17) is 0 Å². The molecule has 3 aliphatic rings. The molecule has 0 aromatic carbocycles. The second-order valence-electron chi connectivity index (χ2n) is 9.54. The lowest BCUT2D eigenvalue weighted by atomic mass is 9.45. The summed E-state index contributed by atoms with van der Waals surface area (Å²) in [7, 11) is 0. The number of carboxylic acids is 1. The first-order valence-corrected chi connectivity index (χ1v) is 10.9. The van der Waals surface area contributed by atoms with Crippen LogP contribution in [0.2, 0.25) is 0 Å². The Balaban J connectivity index is 1.47. The molecule has 0 spiro atoms. The molecule has 5 rings (SSSR count). The van der Waals surface area contributed by atoms with Crippen LogP contribution in [0.25, 0.3) is 0 Å². The van der Waals surface area contributed by atoms with E-state index in [1.54, 1.807) is 24.5 Å². The zero-order valence-corrected chi connectivity index (χ0v) is 18.5. The van der Waals surface area contributed by atoms with Gasteiger partial charge in [0, 0.05) is 25.0 Å². The van der Waals surface area contributed by atoms with E-state index in [9.17, 15) is 19.5 Å². The second kappa shape index (κ2) is 8.37. The van der Waals surface area contributed by atoms with Gasteiger partial charge in [-0.2, -0.15) is 5.10 Å². The van der Waals surface area contributed by atoms with E-state index in [1.807, 2.05) is 0 Å². The molecular weight excluding hydrogens is 410 g/mol. The number of anilines is 1. The van der Waals surface area contributed by atoms with E-state index in [0.29, 0.717) is 23.2 Å². The molecule has 3 saturated carbocycles. The maximum atomic E-state index is 12.8. The number of pyridine rings is 1. The Morgan fingerprint density at radius 2 is 1.97 bits per heavy atom. The molecule has 9 heteroatoms. The Bertz CT molecular complexity index is 1080. The van der Waals surface area contributed by atoms with Crippen LogP contribution in [0.5, 0.6) is 0 Å². The summed E-state index contributed by atoms with van der Waals surface area (Å²) in [4.78, 5) is 40.9. The SMILES string of the molecule is C[C@H]1[C@H]2C[C@H](C[C@H]1Nc1cnn(CC(=O)NCc3ccncc3)c(=O)c1C(=O)O)C2(C)C. The van der Waals surface area contributed by atoms with Crippen LogP contribution in [0, 0.1) is 23.2 Å². The highest BCUT2D eigenvalue weighted by atomic mass is 16.4. The van der Waals surface area contributed by atoms with Gasteiger partial charge in [-0.25, -0.2) is 9.48 Å². The van der Waals surface area contributed by atoms with Crippen molar-refractivity contribution in [1.82, 2.24) is 20.1 Å². The summed E-state index contributed by atoms with van der Waals surface area (Å²) in [6.45, 7) is 6.69. The maximum Gasteiger partial charge on any atom is 0.343 e. The lowest BCUT2D eigenvalue weighted by Gasteiger charge is -2.62. The lowest BCUT2D eigenvalue weighted by molar-refractivity contribution is -0.122. The summed E-state index contributed by atoms with van der Waals surface area (Å²) in [6, 6.07) is 3.63. The van der Waals surface area contributed by atoms with Crippen LogP contribution in [0.3, 0.4) is 0 Å². The number of aromatic nitrogens is 3. The number of hydrogen-bond acceptors (Lipinski definition) is 6. The molecule has 3 N–H and O–H groups in total. The van der Waals surface area contributed by atoms with Crippen molar-refractivity contribution in [3.05, 3.63) is 52.2 Å². The number of hydrogen-bond donors (Lipinski definition) is 3. The van der Waals surface area contributed by atoms with Crippen LogP contribution in [-0.2, 0) is 17.9 Å². The van der Waals surface area contributed by atoms with Crippen molar-refractivity contribution < 1.29 is 14.7 Å². The molecule has 0 unspecified atom stereocenters. The normalized spacial score (nSPS) is 25.5. The van der Waals surface area contributed by atoms with Gasteiger partial charge in [0.1, 0.15) is 6.54 Å². The maximum absolute atomic E-state index is 12.8. The largest absolute Gasteiger partial charge is 0.477 e. The van der Waals surface area contributed by atoms with E-state index >= 15 is 0 Å². The van der Waals surface area contributed by atoms with Crippen molar-refractivity contribution in [2.75, 3.05) is 5.32 Å². The minimum Gasteiger partial charge on any atom is -0.477 e. The summed E-state index contributed by atoms with van der Waals surface area (Å²) in [6.07, 6.45) is 6.72. The Kier molecular flexibility index (Phi) is 5.75. The molecule has 3 aliphatic carbocycles. The number of amides is 1. The molecule has 2 aromatic rings. The second-order valence-corrected chi connectivity index (χ2v) is 9.54. The number of nitrogens with zero attached hydrogens (tertiary/aromatic N) is 3. The van der Waals surface area contributed by atoms with Gasteiger partial charge < -0.3 is 15.7 Å². The Labute approximate surface area is 186 Å². The zero-order chi connectivity index (χ0) is 23.0. The number of fused-ring (bicyclic) bond motifs is 2. The van der Waals surface area contributed by atoms with Gasteiger partial charge in [-0.1, -0.05) is 20.8 Å². The van der Waals surface area contributed by atoms with Crippen molar-refractivity contribution in [2.24, 2.45) is 23.2 Å². The fourth-order valence-electron chi connectivity index (χ4n) is 5.35. The molecule has 32 heavy (non-hydrogen) atoms. The summed E-state index contributed by atoms with van der Waals surface area (Å²) in [5, 5.41) is 19.8. The molecule has 2 bridgehead atoms. The Morgan fingerprint density at radius 1 is 1.25 bits per heavy atom. The van der Waals surface area contributed by atoms with Crippen LogP contribution >= 0.6 is 0 Å². The predicted octanol–water partition coefficient (Wildman–Crippen LogP) is 2.14. The van der Waals surface area contributed by atoms with Crippen molar-refractivity contribution in [2.45, 2.75) is 52.7 Å². The monoisotopic (exact) mass is 439 g/mol. The van der Waals surface area contributed by atoms with Gasteiger partial charge in [-0.15, -0.1) is 0 Å². The van der Waals surface area contributed by atoms with Gasteiger partial charge in [0.2, 0.25) is 5.91 Å². The molecular formula is C23H29N5O4. The molecule has 1 amide bonds. The molecule has 3 fully saturated rings. The highest BCUT2D eigenvalue weighted by Crippen LogP contribution is 2.61. The van der Waals surface area contributed by atoms with Crippen molar-refractivity contribution in [3.8, 4) is 0 Å². The van der Waals surface area contributed by atoms with E-state index in [0.717, 1.165) is 16.7 Å². The van der Waals surface area contributed by atoms with Gasteiger partial charge in [0.15, 0.2) is 5.56 Å². The summed E-state index contributed by atoms with van der Waals surface area (Å²) < 4.78 is 0.890. The average molecular weight is 440 g/mol. The topological polar surface area (TPSA) is 126 Å². The Morgan fingerprint density at radius 3 is 2.59 bits per heavy atom. The van der Waals surface area contributed by atoms with Crippen LogP contribution in [-0.4, -0.2) is 37.8 Å². The van der Waals surface area contributed by atoms with E-state index < -0.39 is 17.4 Å². The molecule has 9 nitrogen and oxygen atoms in total. The molecule has 4 atom stereocenters. The van der Waals surface area contributed by atoms with Crippen LogP contribution in [0.4, 0.5) is 5.69 Å². The lowest BCUT2D eigenvalue weighted by Crippen LogP contribution is -2.58. The number of carboxylic acid groups (broad SMARTS) is 1. The standard InChI is InChI=1S/C23H29N5O4/c1-13-16-8-15(23(16,2)3)9-17(13)27-18-11-26-28(21(30)20(18)22(31)32)12-19(29)25-10-14-4-6-24-7-5-14/h4-7,11,13,15-17,27H,8-10,12H2,1-3H3,(H,25,29)(H,31,32)/t13-,15+,16+,17+/m0/s1. The molecule has 0 radical (unpaired) electrons. The highest BCUT2D eigenvalue weighted by Gasteiger charge is 2.56. The summed E-state index contributed by atoms with van der Waals surface area (Å²) >= 11 is 0. The minimum absolute atomic E-state index is 0.0885. The molecule has 0 saturated heterocycles. The fraction of sp³-hybridized carbons (Fsp3) is 0.522. The molecule has 2 aromatic heterocycles. The minimum atomic E-state index is -1.33. The van der Waals surface area contributed by atoms with Crippen molar-refractivity contribution in [3.63, 3.8) is 0 Å². The third-order valence-electron chi connectivity index (χ3n) is 7.49.